The van der Waals surface area contributed by atoms with Gasteiger partial charge in [0.1, 0.15) is 0 Å². The van der Waals surface area contributed by atoms with Crippen molar-refractivity contribution in [2.24, 2.45) is 0 Å². The van der Waals surface area contributed by atoms with E-state index in [1.165, 1.54) is 12.5 Å². The molecular weight excluding hydrogens is 222 g/mol. The molecule has 1 aromatic heterocycles. The van der Waals surface area contributed by atoms with E-state index in [-0.39, 0.29) is 18.1 Å². The van der Waals surface area contributed by atoms with Crippen LogP contribution in [-0.4, -0.2) is 30.3 Å². The second-order valence-corrected chi connectivity index (χ2v) is 3.03. The van der Waals surface area contributed by atoms with Gasteiger partial charge >= 0.3 is 5.97 Å². The van der Waals surface area contributed by atoms with Crippen molar-refractivity contribution in [2.45, 2.75) is 13.8 Å². The van der Waals surface area contributed by atoms with Crippen LogP contribution >= 0.6 is 0 Å². The third-order valence-electron chi connectivity index (χ3n) is 1.90. The highest BCUT2D eigenvalue weighted by molar-refractivity contribution is 5.93. The lowest BCUT2D eigenvalue weighted by atomic mass is 10.2. The van der Waals surface area contributed by atoms with Crippen molar-refractivity contribution in [3.8, 4) is 0 Å². The minimum Gasteiger partial charge on any atom is -0.461 e. The first-order valence-electron chi connectivity index (χ1n) is 5.30. The van der Waals surface area contributed by atoms with Crippen molar-refractivity contribution >= 4 is 17.9 Å². The van der Waals surface area contributed by atoms with Gasteiger partial charge in [-0.25, -0.2) is 9.78 Å². The van der Waals surface area contributed by atoms with Gasteiger partial charge in [-0.15, -0.1) is 0 Å². The standard InChI is InChI=1S/C11H15N3O3/c1-3-13-8(5-6-12)10-9(14-7-17-10)11(15)16-4-2/h5-7,12-13H,3-4H2,1-2H3/b8-5-,12-6?. The average molecular weight is 237 g/mol. The van der Waals surface area contributed by atoms with Crippen LogP contribution in [0.25, 0.3) is 5.70 Å². The average Bonchev–Trinajstić information content (AvgIpc) is 2.78. The molecule has 0 amide bonds. The molecule has 6 heteroatoms. The summed E-state index contributed by atoms with van der Waals surface area (Å²) in [5.74, 6) is -0.251. The molecule has 0 aliphatic heterocycles. The summed E-state index contributed by atoms with van der Waals surface area (Å²) in [6.07, 6.45) is 3.78. The Balaban J connectivity index is 3.04. The van der Waals surface area contributed by atoms with E-state index in [0.29, 0.717) is 12.2 Å². The SMILES string of the molecule is CCN/C(=C\C=N)c1ocnc1C(=O)OCC. The van der Waals surface area contributed by atoms with E-state index in [1.807, 2.05) is 6.92 Å². The van der Waals surface area contributed by atoms with Gasteiger partial charge in [0.15, 0.2) is 17.8 Å². The number of nitrogens with zero attached hydrogens (tertiary/aromatic N) is 1. The molecule has 0 saturated heterocycles. The summed E-state index contributed by atoms with van der Waals surface area (Å²) in [5, 5.41) is 10.0. The molecule has 0 unspecified atom stereocenters. The van der Waals surface area contributed by atoms with Gasteiger partial charge in [-0.3, -0.25) is 0 Å². The highest BCUT2D eigenvalue weighted by atomic mass is 16.5. The van der Waals surface area contributed by atoms with Gasteiger partial charge < -0.3 is 19.9 Å². The van der Waals surface area contributed by atoms with E-state index in [1.54, 1.807) is 6.92 Å². The Bertz CT molecular complexity index is 423. The first kappa shape index (κ1) is 13.0. The van der Waals surface area contributed by atoms with Gasteiger partial charge in [0, 0.05) is 12.8 Å². The van der Waals surface area contributed by atoms with Crippen molar-refractivity contribution in [2.75, 3.05) is 13.2 Å². The monoisotopic (exact) mass is 237 g/mol. The minimum atomic E-state index is -0.537. The lowest BCUT2D eigenvalue weighted by Gasteiger charge is -2.06. The molecule has 0 saturated carbocycles. The van der Waals surface area contributed by atoms with Crippen LogP contribution in [0.3, 0.4) is 0 Å². The zero-order chi connectivity index (χ0) is 12.7. The fourth-order valence-corrected chi connectivity index (χ4v) is 1.27. The zero-order valence-corrected chi connectivity index (χ0v) is 9.82. The van der Waals surface area contributed by atoms with E-state index in [4.69, 9.17) is 14.6 Å². The molecule has 0 atom stereocenters. The fraction of sp³-hybridized carbons (Fsp3) is 0.364. The molecule has 2 N–H and O–H groups in total. The molecule has 92 valence electrons. The van der Waals surface area contributed by atoms with Crippen molar-refractivity contribution < 1.29 is 13.9 Å². The number of esters is 1. The molecule has 0 aromatic carbocycles. The van der Waals surface area contributed by atoms with Crippen molar-refractivity contribution in [3.05, 3.63) is 23.9 Å². The molecule has 0 spiro atoms. The Morgan fingerprint density at radius 3 is 3.00 bits per heavy atom. The van der Waals surface area contributed by atoms with Crippen molar-refractivity contribution in [1.82, 2.24) is 10.3 Å². The smallest absolute Gasteiger partial charge is 0.361 e. The lowest BCUT2D eigenvalue weighted by Crippen LogP contribution is -2.15. The predicted molar refractivity (Wildman–Crippen MR) is 62.9 cm³/mol. The molecule has 1 aromatic rings. The van der Waals surface area contributed by atoms with E-state index in [9.17, 15) is 4.79 Å². The van der Waals surface area contributed by atoms with Gasteiger partial charge in [-0.05, 0) is 19.9 Å². The number of aromatic nitrogens is 1. The second kappa shape index (κ2) is 6.47. The van der Waals surface area contributed by atoms with Gasteiger partial charge in [-0.2, -0.15) is 0 Å². The first-order chi connectivity index (χ1) is 8.24. The third-order valence-corrected chi connectivity index (χ3v) is 1.90. The predicted octanol–water partition coefficient (Wildman–Crippen LogP) is 1.45. The molecular formula is C11H15N3O3. The molecule has 0 radical (unpaired) electrons. The normalized spacial score (nSPS) is 11.1. The maximum absolute atomic E-state index is 11.6. The topological polar surface area (TPSA) is 88.2 Å². The minimum absolute atomic E-state index is 0.112. The highest BCUT2D eigenvalue weighted by Gasteiger charge is 2.20. The van der Waals surface area contributed by atoms with E-state index < -0.39 is 5.97 Å². The van der Waals surface area contributed by atoms with Crippen LogP contribution in [0.5, 0.6) is 0 Å². The molecule has 17 heavy (non-hydrogen) atoms. The number of ether oxygens (including phenoxy) is 1. The van der Waals surface area contributed by atoms with Crippen LogP contribution in [0.4, 0.5) is 0 Å². The summed E-state index contributed by atoms with van der Waals surface area (Å²) in [5.41, 5.74) is 0.643. The highest BCUT2D eigenvalue weighted by Crippen LogP contribution is 2.16. The molecule has 1 rings (SSSR count). The van der Waals surface area contributed by atoms with Gasteiger partial charge in [-0.1, -0.05) is 0 Å². The Morgan fingerprint density at radius 2 is 2.41 bits per heavy atom. The van der Waals surface area contributed by atoms with Crippen molar-refractivity contribution in [3.63, 3.8) is 0 Å². The maximum atomic E-state index is 11.6. The number of carbonyl (C=O) groups is 1. The Morgan fingerprint density at radius 1 is 1.65 bits per heavy atom. The van der Waals surface area contributed by atoms with Crippen LogP contribution in [0.1, 0.15) is 30.1 Å². The Labute approximate surface area is 99.2 Å². The van der Waals surface area contributed by atoms with E-state index in [0.717, 1.165) is 6.21 Å². The van der Waals surface area contributed by atoms with Gasteiger partial charge in [0.25, 0.3) is 0 Å². The second-order valence-electron chi connectivity index (χ2n) is 3.03. The number of allylic oxidation sites excluding steroid dienone is 1. The molecule has 0 fully saturated rings. The van der Waals surface area contributed by atoms with Crippen LogP contribution in [0.2, 0.25) is 0 Å². The van der Waals surface area contributed by atoms with Gasteiger partial charge in [0.2, 0.25) is 0 Å². The summed E-state index contributed by atoms with van der Waals surface area (Å²) in [4.78, 5) is 15.4. The van der Waals surface area contributed by atoms with E-state index in [2.05, 4.69) is 10.3 Å². The molecule has 6 nitrogen and oxygen atoms in total. The number of hydrogen-bond acceptors (Lipinski definition) is 6. The number of nitrogens with one attached hydrogen (secondary N) is 2. The van der Waals surface area contributed by atoms with Crippen LogP contribution < -0.4 is 5.32 Å². The summed E-state index contributed by atoms with van der Waals surface area (Å²) in [6.45, 7) is 4.53. The third kappa shape index (κ3) is 3.17. The summed E-state index contributed by atoms with van der Waals surface area (Å²) in [6, 6.07) is 0. The lowest BCUT2D eigenvalue weighted by molar-refractivity contribution is 0.0519. The summed E-state index contributed by atoms with van der Waals surface area (Å²) < 4.78 is 10.0. The Hall–Kier alpha value is -2.11. The molecule has 0 aliphatic rings. The number of oxazole rings is 1. The number of carbonyl (C=O) groups excluding carboxylic acids is 1. The molecule has 0 aliphatic carbocycles. The molecule has 1 heterocycles. The van der Waals surface area contributed by atoms with E-state index >= 15 is 0 Å². The quantitative estimate of drug-likeness (QED) is 0.577. The number of rotatable bonds is 6. The van der Waals surface area contributed by atoms with Crippen LogP contribution in [-0.2, 0) is 4.74 Å². The van der Waals surface area contributed by atoms with Crippen LogP contribution in [0.15, 0.2) is 16.9 Å². The maximum Gasteiger partial charge on any atom is 0.361 e. The van der Waals surface area contributed by atoms with Crippen molar-refractivity contribution in [1.29, 1.82) is 5.41 Å². The number of hydrogen-bond donors (Lipinski definition) is 2. The largest absolute Gasteiger partial charge is 0.461 e. The fourth-order valence-electron chi connectivity index (χ4n) is 1.27. The first-order valence-corrected chi connectivity index (χ1v) is 5.30. The Kier molecular flexibility index (Phi) is 4.93. The van der Waals surface area contributed by atoms with Gasteiger partial charge in [0.05, 0.1) is 12.3 Å². The van der Waals surface area contributed by atoms with Crippen LogP contribution in [0, 0.1) is 5.41 Å². The zero-order valence-electron chi connectivity index (χ0n) is 9.82. The summed E-state index contributed by atoms with van der Waals surface area (Å²) >= 11 is 0. The molecule has 0 bridgehead atoms. The summed E-state index contributed by atoms with van der Waals surface area (Å²) in [7, 11) is 0.